The minimum absolute atomic E-state index is 0.0221. The highest BCUT2D eigenvalue weighted by Gasteiger charge is 2.31. The van der Waals surface area contributed by atoms with Crippen molar-refractivity contribution in [2.45, 2.75) is 48.9 Å². The van der Waals surface area contributed by atoms with Crippen LogP contribution in [0.5, 0.6) is 5.75 Å². The van der Waals surface area contributed by atoms with Crippen molar-refractivity contribution in [3.63, 3.8) is 0 Å². The van der Waals surface area contributed by atoms with E-state index in [1.165, 1.54) is 36.0 Å². The molecule has 1 N–H and O–H groups in total. The third-order valence-corrected chi connectivity index (χ3v) is 8.30. The number of methoxy groups -OCH3 is 1. The number of nitrogens with zero attached hydrogens (tertiary/aromatic N) is 2. The van der Waals surface area contributed by atoms with E-state index >= 15 is 0 Å². The van der Waals surface area contributed by atoms with Gasteiger partial charge in [0.05, 0.1) is 23.5 Å². The van der Waals surface area contributed by atoms with E-state index in [2.05, 4.69) is 0 Å². The van der Waals surface area contributed by atoms with Crippen molar-refractivity contribution in [1.82, 2.24) is 9.55 Å². The van der Waals surface area contributed by atoms with Gasteiger partial charge in [0.15, 0.2) is 5.16 Å². The topological polar surface area (TPSA) is 47.3 Å². The fourth-order valence-electron chi connectivity index (χ4n) is 5.12. The number of halogens is 4. The number of fused-ring (bicyclic) bond motifs is 1. The second-order valence-corrected chi connectivity index (χ2v) is 10.9. The summed E-state index contributed by atoms with van der Waals surface area (Å²) in [6.45, 7) is -0.0403. The summed E-state index contributed by atoms with van der Waals surface area (Å²) >= 11 is 7.53. The first-order valence-corrected chi connectivity index (χ1v) is 14.2. The second-order valence-electron chi connectivity index (χ2n) is 9.53. The molecule has 0 fully saturated rings. The van der Waals surface area contributed by atoms with Crippen LogP contribution in [0.2, 0.25) is 5.02 Å². The molecule has 9 heteroatoms. The first-order valence-electron chi connectivity index (χ1n) is 12.8. The molecule has 1 aromatic heterocycles. The molecule has 0 saturated carbocycles. The van der Waals surface area contributed by atoms with Gasteiger partial charge in [-0.15, -0.1) is 0 Å². The van der Waals surface area contributed by atoms with Crippen molar-refractivity contribution in [3.8, 4) is 11.4 Å². The van der Waals surface area contributed by atoms with Crippen molar-refractivity contribution < 1.29 is 23.0 Å². The molecule has 204 valence electrons. The molecule has 5 rings (SSSR count). The lowest BCUT2D eigenvalue weighted by Gasteiger charge is -2.26. The molecule has 0 bridgehead atoms. The molecule has 1 aliphatic carbocycles. The summed E-state index contributed by atoms with van der Waals surface area (Å²) in [7, 11) is 1.58. The average molecular weight is 573 g/mol. The van der Waals surface area contributed by atoms with Crippen molar-refractivity contribution >= 4 is 23.4 Å². The minimum atomic E-state index is -0.619. The zero-order valence-corrected chi connectivity index (χ0v) is 23.0. The lowest BCUT2D eigenvalue weighted by Crippen LogP contribution is -2.15. The molecule has 1 heterocycles. The van der Waals surface area contributed by atoms with Gasteiger partial charge in [-0.05, 0) is 91.8 Å². The monoisotopic (exact) mass is 572 g/mol. The van der Waals surface area contributed by atoms with E-state index < -0.39 is 11.6 Å². The van der Waals surface area contributed by atoms with E-state index in [1.54, 1.807) is 19.2 Å². The number of hydrogen-bond donors (Lipinski definition) is 1. The maximum absolute atomic E-state index is 14.9. The van der Waals surface area contributed by atoms with Crippen LogP contribution < -0.4 is 4.74 Å². The Balaban J connectivity index is 1.55. The standard InChI is InChI=1S/C30H28ClF3N2O2S/c1-38-28-16-19(7-12-24(28)31)22-5-2-6-27-29(22)36(21-10-8-20(32)9-11-21)30(35-27)39-17-23-25(33)14-18(4-3-13-37)15-26(23)34/h7-12,14-16,22,37H,2-6,13,17H2,1H3. The van der Waals surface area contributed by atoms with Crippen LogP contribution in [0.4, 0.5) is 13.2 Å². The smallest absolute Gasteiger partial charge is 0.173 e. The normalized spacial score (nSPS) is 14.9. The van der Waals surface area contributed by atoms with E-state index in [4.69, 9.17) is 26.4 Å². The summed E-state index contributed by atoms with van der Waals surface area (Å²) in [6, 6.07) is 14.5. The number of aliphatic hydroxyl groups is 1. The maximum Gasteiger partial charge on any atom is 0.173 e. The van der Waals surface area contributed by atoms with E-state index in [9.17, 15) is 13.2 Å². The van der Waals surface area contributed by atoms with Crippen LogP contribution in [0.1, 0.15) is 53.3 Å². The number of ether oxygens (including phenoxy) is 1. The quantitative estimate of drug-likeness (QED) is 0.209. The van der Waals surface area contributed by atoms with Crippen LogP contribution in [-0.2, 0) is 18.6 Å². The molecule has 0 aliphatic heterocycles. The Morgan fingerprint density at radius 2 is 1.82 bits per heavy atom. The van der Waals surface area contributed by atoms with Crippen molar-refractivity contribution in [3.05, 3.63) is 105 Å². The zero-order valence-electron chi connectivity index (χ0n) is 21.4. The van der Waals surface area contributed by atoms with Gasteiger partial charge >= 0.3 is 0 Å². The summed E-state index contributed by atoms with van der Waals surface area (Å²) in [4.78, 5) is 4.92. The number of rotatable bonds is 9. The first-order chi connectivity index (χ1) is 18.9. The van der Waals surface area contributed by atoms with E-state index in [1.807, 2.05) is 22.8 Å². The van der Waals surface area contributed by atoms with E-state index in [0.717, 1.165) is 41.9 Å². The van der Waals surface area contributed by atoms with Gasteiger partial charge in [-0.2, -0.15) is 0 Å². The largest absolute Gasteiger partial charge is 0.495 e. The Hall–Kier alpha value is -2.94. The number of aromatic nitrogens is 2. The fraction of sp³-hybridized carbons (Fsp3) is 0.300. The number of aliphatic hydroxyl groups excluding tert-OH is 1. The number of benzene rings is 3. The molecular formula is C30H28ClF3N2O2S. The predicted molar refractivity (Wildman–Crippen MR) is 148 cm³/mol. The highest BCUT2D eigenvalue weighted by molar-refractivity contribution is 7.98. The number of thioether (sulfide) groups is 1. The molecule has 0 amide bonds. The van der Waals surface area contributed by atoms with Crippen molar-refractivity contribution in [2.75, 3.05) is 13.7 Å². The summed E-state index contributed by atoms with van der Waals surface area (Å²) in [5, 5.41) is 10.1. The highest BCUT2D eigenvalue weighted by atomic mass is 35.5. The molecule has 0 radical (unpaired) electrons. The summed E-state index contributed by atoms with van der Waals surface area (Å²) in [6.07, 6.45) is 3.39. The summed E-state index contributed by atoms with van der Waals surface area (Å²) < 4.78 is 51.1. The molecular weight excluding hydrogens is 545 g/mol. The number of aryl methyl sites for hydroxylation is 2. The molecule has 1 aliphatic rings. The highest BCUT2D eigenvalue weighted by Crippen LogP contribution is 2.42. The predicted octanol–water partition coefficient (Wildman–Crippen LogP) is 7.64. The van der Waals surface area contributed by atoms with Gasteiger partial charge in [0.2, 0.25) is 0 Å². The SMILES string of the molecule is COc1cc(C2CCCc3nc(SCc4c(F)cc(CCCO)cc4F)n(-c4ccc(F)cc4)c32)ccc1Cl. The van der Waals surface area contributed by atoms with Crippen LogP contribution in [-0.4, -0.2) is 28.4 Å². The molecule has 1 unspecified atom stereocenters. The second kappa shape index (κ2) is 12.1. The third-order valence-electron chi connectivity index (χ3n) is 7.03. The van der Waals surface area contributed by atoms with Crippen molar-refractivity contribution in [2.24, 2.45) is 0 Å². The van der Waals surface area contributed by atoms with Crippen LogP contribution in [0, 0.1) is 17.5 Å². The number of hydrogen-bond acceptors (Lipinski definition) is 4. The fourth-order valence-corrected chi connectivity index (χ4v) is 6.37. The Morgan fingerprint density at radius 3 is 2.51 bits per heavy atom. The van der Waals surface area contributed by atoms with Gasteiger partial charge in [-0.25, -0.2) is 18.2 Å². The van der Waals surface area contributed by atoms with Crippen LogP contribution in [0.25, 0.3) is 5.69 Å². The summed E-state index contributed by atoms with van der Waals surface area (Å²) in [5.41, 5.74) is 4.11. The van der Waals surface area contributed by atoms with Gasteiger partial charge in [0.1, 0.15) is 23.2 Å². The lowest BCUT2D eigenvalue weighted by atomic mass is 9.84. The number of imidazole rings is 1. The Bertz CT molecular complexity index is 1450. The molecule has 0 spiro atoms. The minimum Gasteiger partial charge on any atom is -0.495 e. The van der Waals surface area contributed by atoms with Crippen LogP contribution in [0.15, 0.2) is 59.8 Å². The summed E-state index contributed by atoms with van der Waals surface area (Å²) in [5.74, 6) is -0.999. The molecule has 4 aromatic rings. The Morgan fingerprint density at radius 1 is 1.08 bits per heavy atom. The van der Waals surface area contributed by atoms with Crippen molar-refractivity contribution in [1.29, 1.82) is 0 Å². The first kappa shape index (κ1) is 27.6. The van der Waals surface area contributed by atoms with Gasteiger partial charge in [0, 0.05) is 29.5 Å². The molecule has 4 nitrogen and oxygen atoms in total. The van der Waals surface area contributed by atoms with Gasteiger partial charge in [-0.3, -0.25) is 4.57 Å². The Kier molecular flexibility index (Phi) is 8.54. The van der Waals surface area contributed by atoms with Gasteiger partial charge in [-0.1, -0.05) is 29.4 Å². The molecule has 1 atom stereocenters. The zero-order chi connectivity index (χ0) is 27.5. The lowest BCUT2D eigenvalue weighted by molar-refractivity contribution is 0.288. The van der Waals surface area contributed by atoms with Gasteiger partial charge in [0.25, 0.3) is 0 Å². The van der Waals surface area contributed by atoms with Crippen LogP contribution in [0.3, 0.4) is 0 Å². The third kappa shape index (κ3) is 5.83. The molecule has 39 heavy (non-hydrogen) atoms. The van der Waals surface area contributed by atoms with Crippen LogP contribution >= 0.6 is 23.4 Å². The Labute approximate surface area is 234 Å². The molecule has 3 aromatic carbocycles. The van der Waals surface area contributed by atoms with Gasteiger partial charge < -0.3 is 9.84 Å². The van der Waals surface area contributed by atoms with E-state index in [-0.39, 0.29) is 29.7 Å². The molecule has 0 saturated heterocycles. The average Bonchev–Trinajstić information content (AvgIpc) is 3.30. The van der Waals surface area contributed by atoms with E-state index in [0.29, 0.717) is 34.3 Å². The maximum atomic E-state index is 14.9.